The Balaban J connectivity index is 1.94. The monoisotopic (exact) mass is 408 g/mol. The second-order valence-corrected chi connectivity index (χ2v) is 7.63. The van der Waals surface area contributed by atoms with Gasteiger partial charge in [-0.15, -0.1) is 0 Å². The number of hydrogen-bond acceptors (Lipinski definition) is 8. The van der Waals surface area contributed by atoms with Gasteiger partial charge in [0.1, 0.15) is 11.3 Å². The van der Waals surface area contributed by atoms with Crippen LogP contribution >= 0.6 is 0 Å². The number of benzene rings is 1. The van der Waals surface area contributed by atoms with Crippen molar-refractivity contribution < 1.29 is 26.9 Å². The molecule has 2 heterocycles. The fraction of sp³-hybridized carbons (Fsp3) is 0.333. The Hall–Kier alpha value is -2.85. The van der Waals surface area contributed by atoms with Gasteiger partial charge in [-0.1, -0.05) is 30.3 Å². The number of methoxy groups -OCH3 is 1. The van der Waals surface area contributed by atoms with Crippen LogP contribution in [-0.2, 0) is 25.3 Å². The van der Waals surface area contributed by atoms with E-state index in [0.717, 1.165) is 13.2 Å². The normalized spacial score (nSPS) is 14.5. The number of esters is 1. The van der Waals surface area contributed by atoms with E-state index < -0.39 is 27.4 Å². The highest BCUT2D eigenvalue weighted by atomic mass is 32.2. The fourth-order valence-electron chi connectivity index (χ4n) is 2.77. The van der Waals surface area contributed by atoms with Gasteiger partial charge in [0.25, 0.3) is 5.56 Å². The van der Waals surface area contributed by atoms with Crippen molar-refractivity contribution in [3.8, 4) is 5.75 Å². The lowest BCUT2D eigenvalue weighted by Gasteiger charge is -2.30. The first-order valence-corrected chi connectivity index (χ1v) is 10.1. The fourth-order valence-corrected chi connectivity index (χ4v) is 3.84. The summed E-state index contributed by atoms with van der Waals surface area (Å²) in [5, 5.41) is 1.69. The molecule has 0 atom stereocenters. The molecule has 9 nitrogen and oxygen atoms in total. The molecule has 0 N–H and O–H groups in total. The minimum atomic E-state index is -4.10. The standard InChI is InChI=1S/C18H20N2O7S/c1-25-18(22)15-12-20(19-7-9-26-10-8-19)17(21)11-16(15)27-28(23,24)13-14-5-3-2-4-6-14/h2-6,11-12H,7-10,13H2,1H3. The molecule has 1 fully saturated rings. The van der Waals surface area contributed by atoms with Crippen molar-refractivity contribution in [2.24, 2.45) is 0 Å². The second kappa shape index (κ2) is 8.44. The third kappa shape index (κ3) is 4.70. The Morgan fingerprint density at radius 3 is 2.50 bits per heavy atom. The van der Waals surface area contributed by atoms with E-state index in [1.54, 1.807) is 35.3 Å². The predicted octanol–water partition coefficient (Wildman–Crippen LogP) is 0.512. The summed E-state index contributed by atoms with van der Waals surface area (Å²) in [6.07, 6.45) is 1.23. The molecule has 0 amide bonds. The molecular weight excluding hydrogens is 388 g/mol. The largest absolute Gasteiger partial charge is 0.465 e. The molecule has 0 bridgehead atoms. The Labute approximate surface area is 162 Å². The summed E-state index contributed by atoms with van der Waals surface area (Å²) in [4.78, 5) is 24.7. The Morgan fingerprint density at radius 2 is 1.86 bits per heavy atom. The van der Waals surface area contributed by atoms with Crippen molar-refractivity contribution in [3.63, 3.8) is 0 Å². The molecule has 0 unspecified atom stereocenters. The van der Waals surface area contributed by atoms with E-state index in [0.29, 0.717) is 31.9 Å². The van der Waals surface area contributed by atoms with Crippen LogP contribution in [-0.4, -0.2) is 52.5 Å². The Bertz CT molecular complexity index is 996. The van der Waals surface area contributed by atoms with Crippen LogP contribution < -0.4 is 14.8 Å². The number of ether oxygens (including phenoxy) is 2. The number of hydrogen-bond donors (Lipinski definition) is 0. The number of carbonyl (C=O) groups excluding carboxylic acids is 1. The van der Waals surface area contributed by atoms with Gasteiger partial charge >= 0.3 is 16.1 Å². The van der Waals surface area contributed by atoms with Crippen molar-refractivity contribution in [2.75, 3.05) is 38.4 Å². The average Bonchev–Trinajstić information content (AvgIpc) is 2.68. The number of rotatable bonds is 6. The molecule has 150 valence electrons. The second-order valence-electron chi connectivity index (χ2n) is 6.06. The molecule has 1 aliphatic rings. The average molecular weight is 408 g/mol. The number of nitrogens with zero attached hydrogens (tertiary/aromatic N) is 2. The molecule has 0 aliphatic carbocycles. The van der Waals surface area contributed by atoms with Crippen molar-refractivity contribution in [1.82, 2.24) is 4.68 Å². The van der Waals surface area contributed by atoms with Crippen molar-refractivity contribution >= 4 is 16.1 Å². The van der Waals surface area contributed by atoms with E-state index in [-0.39, 0.29) is 11.3 Å². The Kier molecular flexibility index (Phi) is 6.00. The lowest BCUT2D eigenvalue weighted by molar-refractivity contribution is 0.0597. The zero-order chi connectivity index (χ0) is 20.1. The summed E-state index contributed by atoms with van der Waals surface area (Å²) in [6, 6.07) is 9.42. The van der Waals surface area contributed by atoms with Gasteiger partial charge in [-0.05, 0) is 5.56 Å². The third-order valence-corrected chi connectivity index (χ3v) is 5.22. The quantitative estimate of drug-likeness (QED) is 0.503. The van der Waals surface area contributed by atoms with Crippen LogP contribution in [0.25, 0.3) is 0 Å². The summed E-state index contributed by atoms with van der Waals surface area (Å²) >= 11 is 0. The van der Waals surface area contributed by atoms with E-state index in [4.69, 9.17) is 13.7 Å². The molecule has 2 aromatic rings. The highest BCUT2D eigenvalue weighted by Gasteiger charge is 2.24. The van der Waals surface area contributed by atoms with Crippen LogP contribution in [0.2, 0.25) is 0 Å². The summed E-state index contributed by atoms with van der Waals surface area (Å²) in [7, 11) is -2.93. The van der Waals surface area contributed by atoms with Crippen LogP contribution in [0.1, 0.15) is 15.9 Å². The minimum Gasteiger partial charge on any atom is -0.465 e. The molecular formula is C18H20N2O7S. The molecule has 10 heteroatoms. The maximum atomic E-state index is 12.5. The molecule has 0 saturated carbocycles. The van der Waals surface area contributed by atoms with Crippen LogP contribution in [0.3, 0.4) is 0 Å². The number of carbonyl (C=O) groups is 1. The topological polar surface area (TPSA) is 104 Å². The van der Waals surface area contributed by atoms with E-state index in [2.05, 4.69) is 0 Å². The molecule has 1 aromatic carbocycles. The van der Waals surface area contributed by atoms with E-state index in [1.807, 2.05) is 0 Å². The van der Waals surface area contributed by atoms with Gasteiger partial charge in [0, 0.05) is 6.20 Å². The maximum Gasteiger partial charge on any atom is 0.343 e. The first-order valence-electron chi connectivity index (χ1n) is 8.54. The molecule has 0 spiro atoms. The third-order valence-electron chi connectivity index (χ3n) is 4.10. The van der Waals surface area contributed by atoms with E-state index in [1.165, 1.54) is 10.9 Å². The lowest BCUT2D eigenvalue weighted by Crippen LogP contribution is -2.48. The zero-order valence-corrected chi connectivity index (χ0v) is 16.1. The lowest BCUT2D eigenvalue weighted by atomic mass is 10.2. The SMILES string of the molecule is COC(=O)c1cn(N2CCOCC2)c(=O)cc1OS(=O)(=O)Cc1ccccc1. The highest BCUT2D eigenvalue weighted by molar-refractivity contribution is 7.86. The zero-order valence-electron chi connectivity index (χ0n) is 15.2. The molecule has 1 saturated heterocycles. The first kappa shape index (κ1) is 19.9. The summed E-state index contributed by atoms with van der Waals surface area (Å²) in [5.74, 6) is -1.58. The molecule has 1 aromatic heterocycles. The van der Waals surface area contributed by atoms with Crippen molar-refractivity contribution in [1.29, 1.82) is 0 Å². The van der Waals surface area contributed by atoms with Crippen molar-refractivity contribution in [3.05, 3.63) is 64.1 Å². The number of aromatic nitrogens is 1. The van der Waals surface area contributed by atoms with Gasteiger partial charge in [-0.2, -0.15) is 8.42 Å². The van der Waals surface area contributed by atoms with Gasteiger partial charge in [0.05, 0.1) is 39.5 Å². The van der Waals surface area contributed by atoms with Gasteiger partial charge in [0.2, 0.25) is 0 Å². The molecule has 0 radical (unpaired) electrons. The van der Waals surface area contributed by atoms with E-state index >= 15 is 0 Å². The minimum absolute atomic E-state index is 0.162. The van der Waals surface area contributed by atoms with Gasteiger partial charge in [-0.25, -0.2) is 9.47 Å². The van der Waals surface area contributed by atoms with Gasteiger partial charge < -0.3 is 18.7 Å². The van der Waals surface area contributed by atoms with Crippen LogP contribution in [0.5, 0.6) is 5.75 Å². The Morgan fingerprint density at radius 1 is 1.18 bits per heavy atom. The summed E-state index contributed by atoms with van der Waals surface area (Å²) in [5.41, 5.74) is -0.173. The van der Waals surface area contributed by atoms with E-state index in [9.17, 15) is 18.0 Å². The predicted molar refractivity (Wildman–Crippen MR) is 101 cm³/mol. The maximum absolute atomic E-state index is 12.5. The number of pyridine rings is 1. The smallest absolute Gasteiger partial charge is 0.343 e. The van der Waals surface area contributed by atoms with Gasteiger partial charge in [0.15, 0.2) is 5.75 Å². The van der Waals surface area contributed by atoms with Gasteiger partial charge in [-0.3, -0.25) is 4.79 Å². The van der Waals surface area contributed by atoms with Crippen LogP contribution in [0, 0.1) is 0 Å². The summed E-state index contributed by atoms with van der Waals surface area (Å²) < 4.78 is 41.2. The van der Waals surface area contributed by atoms with Crippen LogP contribution in [0.15, 0.2) is 47.4 Å². The molecule has 1 aliphatic heterocycles. The highest BCUT2D eigenvalue weighted by Crippen LogP contribution is 2.21. The summed E-state index contributed by atoms with van der Waals surface area (Å²) in [6.45, 7) is 1.77. The molecule has 3 rings (SSSR count). The number of morpholine rings is 1. The van der Waals surface area contributed by atoms with Crippen molar-refractivity contribution in [2.45, 2.75) is 5.75 Å². The molecule has 28 heavy (non-hydrogen) atoms. The first-order chi connectivity index (χ1) is 13.4. The van der Waals surface area contributed by atoms with Crippen LogP contribution in [0.4, 0.5) is 0 Å².